The third kappa shape index (κ3) is 1.00. The van der Waals surface area contributed by atoms with Gasteiger partial charge in [-0.25, -0.2) is 4.79 Å². The zero-order valence-corrected chi connectivity index (χ0v) is 6.52. The first-order chi connectivity index (χ1) is 5.27. The van der Waals surface area contributed by atoms with Crippen molar-refractivity contribution in [2.75, 3.05) is 0 Å². The molecule has 0 radical (unpaired) electrons. The second-order valence-corrected chi connectivity index (χ2v) is 3.11. The molecule has 0 amide bonds. The summed E-state index contributed by atoms with van der Waals surface area (Å²) in [5.41, 5.74) is 1.02. The van der Waals surface area contributed by atoms with Crippen molar-refractivity contribution < 1.29 is 4.42 Å². The maximum absolute atomic E-state index is 10.7. The molecule has 3 heteroatoms. The van der Waals surface area contributed by atoms with Crippen LogP contribution in [0.25, 0.3) is 0 Å². The average molecular weight is 153 g/mol. The molecular weight excluding hydrogens is 142 g/mol. The summed E-state index contributed by atoms with van der Waals surface area (Å²) in [4.78, 5) is 13.5. The Hall–Kier alpha value is -0.990. The van der Waals surface area contributed by atoms with Crippen LogP contribution >= 0.6 is 0 Å². The van der Waals surface area contributed by atoms with Gasteiger partial charge < -0.3 is 4.42 Å². The number of H-pyrrole nitrogens is 1. The normalized spacial score (nSPS) is 18.3. The van der Waals surface area contributed by atoms with Gasteiger partial charge in [0.1, 0.15) is 5.76 Å². The lowest BCUT2D eigenvalue weighted by atomic mass is 9.82. The minimum absolute atomic E-state index is 0.315. The van der Waals surface area contributed by atoms with Crippen LogP contribution in [0.5, 0.6) is 0 Å². The molecule has 0 saturated heterocycles. The van der Waals surface area contributed by atoms with Crippen LogP contribution in [-0.4, -0.2) is 4.98 Å². The Bertz CT molecular complexity index is 306. The highest BCUT2D eigenvalue weighted by Crippen LogP contribution is 2.36. The van der Waals surface area contributed by atoms with E-state index < -0.39 is 0 Å². The Morgan fingerprint density at radius 2 is 2.27 bits per heavy atom. The monoisotopic (exact) mass is 153 g/mol. The summed E-state index contributed by atoms with van der Waals surface area (Å²) in [6.45, 7) is 1.84. The number of rotatable bonds is 1. The van der Waals surface area contributed by atoms with Crippen molar-refractivity contribution in [3.63, 3.8) is 0 Å². The van der Waals surface area contributed by atoms with Gasteiger partial charge in [-0.15, -0.1) is 0 Å². The van der Waals surface area contributed by atoms with Gasteiger partial charge in [-0.1, -0.05) is 6.42 Å². The zero-order chi connectivity index (χ0) is 7.84. The van der Waals surface area contributed by atoms with E-state index in [-0.39, 0.29) is 5.76 Å². The van der Waals surface area contributed by atoms with E-state index in [9.17, 15) is 4.79 Å². The van der Waals surface area contributed by atoms with Gasteiger partial charge in [0.05, 0.1) is 5.69 Å². The largest absolute Gasteiger partial charge is 0.416 e. The molecule has 2 rings (SSSR count). The van der Waals surface area contributed by atoms with Gasteiger partial charge in [-0.05, 0) is 19.8 Å². The summed E-state index contributed by atoms with van der Waals surface area (Å²) in [5, 5.41) is 0. The Balaban J connectivity index is 2.35. The van der Waals surface area contributed by atoms with Crippen molar-refractivity contribution in [1.82, 2.24) is 4.98 Å². The smallest absolute Gasteiger partial charge is 0.413 e. The summed E-state index contributed by atoms with van der Waals surface area (Å²) in [6, 6.07) is 0. The third-order valence-corrected chi connectivity index (χ3v) is 2.38. The highest BCUT2D eigenvalue weighted by molar-refractivity contribution is 5.13. The van der Waals surface area contributed by atoms with Crippen molar-refractivity contribution in [1.29, 1.82) is 0 Å². The number of oxazole rings is 1. The molecule has 0 aliphatic heterocycles. The SMILES string of the molecule is Cc1oc(=O)[nH]c1C1CCC1. The molecule has 0 spiro atoms. The highest BCUT2D eigenvalue weighted by Gasteiger charge is 2.23. The molecule has 11 heavy (non-hydrogen) atoms. The van der Waals surface area contributed by atoms with E-state index in [4.69, 9.17) is 4.42 Å². The van der Waals surface area contributed by atoms with E-state index in [1.54, 1.807) is 0 Å². The summed E-state index contributed by atoms with van der Waals surface area (Å²) in [6.07, 6.45) is 3.66. The predicted molar refractivity (Wildman–Crippen MR) is 40.7 cm³/mol. The van der Waals surface area contributed by atoms with Crippen molar-refractivity contribution in [2.24, 2.45) is 0 Å². The molecule has 1 saturated carbocycles. The van der Waals surface area contributed by atoms with Crippen LogP contribution in [0.4, 0.5) is 0 Å². The van der Waals surface area contributed by atoms with E-state index in [0.717, 1.165) is 11.5 Å². The zero-order valence-electron chi connectivity index (χ0n) is 6.52. The lowest BCUT2D eigenvalue weighted by molar-refractivity contribution is 0.405. The van der Waals surface area contributed by atoms with E-state index in [1.165, 1.54) is 19.3 Å². The van der Waals surface area contributed by atoms with Crippen LogP contribution < -0.4 is 5.76 Å². The van der Waals surface area contributed by atoms with Gasteiger partial charge in [0.15, 0.2) is 0 Å². The number of hydrogen-bond acceptors (Lipinski definition) is 2. The van der Waals surface area contributed by atoms with Crippen LogP contribution in [0.3, 0.4) is 0 Å². The molecule has 1 aromatic heterocycles. The number of aromatic amines is 1. The lowest BCUT2D eigenvalue weighted by Crippen LogP contribution is -2.11. The highest BCUT2D eigenvalue weighted by atomic mass is 16.4. The fraction of sp³-hybridized carbons (Fsp3) is 0.625. The van der Waals surface area contributed by atoms with E-state index in [0.29, 0.717) is 5.92 Å². The summed E-state index contributed by atoms with van der Waals surface area (Å²) < 4.78 is 4.86. The number of hydrogen-bond donors (Lipinski definition) is 1. The first-order valence-electron chi connectivity index (χ1n) is 3.97. The van der Waals surface area contributed by atoms with Crippen LogP contribution in [0.15, 0.2) is 9.21 Å². The molecule has 1 aliphatic rings. The van der Waals surface area contributed by atoms with Gasteiger partial charge in [-0.3, -0.25) is 4.98 Å². The molecule has 0 aromatic carbocycles. The van der Waals surface area contributed by atoms with Crippen LogP contribution in [0, 0.1) is 6.92 Å². The van der Waals surface area contributed by atoms with Crippen LogP contribution in [-0.2, 0) is 0 Å². The van der Waals surface area contributed by atoms with E-state index in [2.05, 4.69) is 4.98 Å². The summed E-state index contributed by atoms with van der Waals surface area (Å²) in [5.74, 6) is 1.01. The topological polar surface area (TPSA) is 46.0 Å². The molecule has 1 aromatic rings. The number of aromatic nitrogens is 1. The fourth-order valence-corrected chi connectivity index (χ4v) is 1.50. The second kappa shape index (κ2) is 2.26. The van der Waals surface area contributed by atoms with Crippen molar-refractivity contribution in [3.8, 4) is 0 Å². The maximum atomic E-state index is 10.7. The van der Waals surface area contributed by atoms with Crippen LogP contribution in [0.1, 0.15) is 36.6 Å². The summed E-state index contributed by atoms with van der Waals surface area (Å²) >= 11 is 0. The molecular formula is C8H11NO2. The van der Waals surface area contributed by atoms with Gasteiger partial charge >= 0.3 is 5.76 Å². The van der Waals surface area contributed by atoms with E-state index in [1.807, 2.05) is 6.92 Å². The first-order valence-corrected chi connectivity index (χ1v) is 3.97. The maximum Gasteiger partial charge on any atom is 0.416 e. The molecule has 60 valence electrons. The molecule has 0 bridgehead atoms. The van der Waals surface area contributed by atoms with Gasteiger partial charge in [-0.2, -0.15) is 0 Å². The lowest BCUT2D eigenvalue weighted by Gasteiger charge is -2.23. The molecule has 1 fully saturated rings. The van der Waals surface area contributed by atoms with Crippen molar-refractivity contribution in [3.05, 3.63) is 22.0 Å². The Labute approximate surface area is 64.4 Å². The minimum Gasteiger partial charge on any atom is -0.413 e. The Kier molecular flexibility index (Phi) is 1.37. The predicted octanol–water partition coefficient (Wildman–Crippen LogP) is 1.54. The Morgan fingerprint density at radius 3 is 2.64 bits per heavy atom. The molecule has 1 N–H and O–H groups in total. The van der Waals surface area contributed by atoms with Crippen molar-refractivity contribution >= 4 is 0 Å². The molecule has 1 heterocycles. The van der Waals surface area contributed by atoms with Gasteiger partial charge in [0, 0.05) is 5.92 Å². The average Bonchev–Trinajstić information content (AvgIpc) is 2.07. The minimum atomic E-state index is -0.315. The molecule has 3 nitrogen and oxygen atoms in total. The van der Waals surface area contributed by atoms with Crippen LogP contribution in [0.2, 0.25) is 0 Å². The first kappa shape index (κ1) is 6.70. The second-order valence-electron chi connectivity index (χ2n) is 3.11. The van der Waals surface area contributed by atoms with E-state index >= 15 is 0 Å². The number of aryl methyl sites for hydroxylation is 1. The quantitative estimate of drug-likeness (QED) is 0.665. The molecule has 1 aliphatic carbocycles. The number of nitrogens with one attached hydrogen (secondary N) is 1. The Morgan fingerprint density at radius 1 is 1.55 bits per heavy atom. The molecule has 0 atom stereocenters. The fourth-order valence-electron chi connectivity index (χ4n) is 1.50. The third-order valence-electron chi connectivity index (χ3n) is 2.38. The molecule has 0 unspecified atom stereocenters. The summed E-state index contributed by atoms with van der Waals surface area (Å²) in [7, 11) is 0. The standard InChI is InChI=1S/C8H11NO2/c1-5-7(6-3-2-4-6)9-8(10)11-5/h6H,2-4H2,1H3,(H,9,10). The van der Waals surface area contributed by atoms with Gasteiger partial charge in [0.2, 0.25) is 0 Å². The van der Waals surface area contributed by atoms with Crippen molar-refractivity contribution in [2.45, 2.75) is 32.1 Å². The van der Waals surface area contributed by atoms with Gasteiger partial charge in [0.25, 0.3) is 0 Å².